The van der Waals surface area contributed by atoms with E-state index < -0.39 is 25.6 Å². The standard InChI is InChI=1S/C12H20N2O4S2/c1-12(2,3)13-19(15,16)10-7-6-8-11(9-10)20(17,18)14(4)5/h6-9,13H,1-5H3. The van der Waals surface area contributed by atoms with Crippen LogP contribution in [0.2, 0.25) is 0 Å². The lowest BCUT2D eigenvalue weighted by atomic mass is 10.1. The van der Waals surface area contributed by atoms with Gasteiger partial charge in [-0.25, -0.2) is 25.9 Å². The summed E-state index contributed by atoms with van der Waals surface area (Å²) in [5.41, 5.74) is -0.644. The number of nitrogens with zero attached hydrogens (tertiary/aromatic N) is 1. The third kappa shape index (κ3) is 4.02. The summed E-state index contributed by atoms with van der Waals surface area (Å²) in [6, 6.07) is 5.30. The van der Waals surface area contributed by atoms with Crippen molar-refractivity contribution in [3.63, 3.8) is 0 Å². The third-order valence-corrected chi connectivity index (χ3v) is 5.90. The average molecular weight is 320 g/mol. The summed E-state index contributed by atoms with van der Waals surface area (Å²) in [7, 11) is -4.64. The Balaban J connectivity index is 3.32. The minimum absolute atomic E-state index is 0.0562. The van der Waals surface area contributed by atoms with Crippen LogP contribution in [0.5, 0.6) is 0 Å². The number of benzene rings is 1. The maximum atomic E-state index is 12.2. The van der Waals surface area contributed by atoms with E-state index in [1.165, 1.54) is 32.3 Å². The number of nitrogens with one attached hydrogen (secondary N) is 1. The van der Waals surface area contributed by atoms with Gasteiger partial charge in [-0.2, -0.15) is 0 Å². The third-order valence-electron chi connectivity index (χ3n) is 2.33. The molecule has 1 N–H and O–H groups in total. The van der Waals surface area contributed by atoms with E-state index in [9.17, 15) is 16.8 Å². The van der Waals surface area contributed by atoms with Crippen LogP contribution in [-0.4, -0.2) is 40.8 Å². The minimum Gasteiger partial charge on any atom is -0.207 e. The van der Waals surface area contributed by atoms with Crippen molar-refractivity contribution in [2.45, 2.75) is 36.1 Å². The molecule has 0 aliphatic heterocycles. The molecule has 0 amide bonds. The van der Waals surface area contributed by atoms with Gasteiger partial charge in [-0.3, -0.25) is 0 Å². The molecule has 0 atom stereocenters. The van der Waals surface area contributed by atoms with E-state index in [2.05, 4.69) is 4.72 Å². The number of rotatable bonds is 4. The first-order valence-electron chi connectivity index (χ1n) is 5.93. The van der Waals surface area contributed by atoms with Gasteiger partial charge < -0.3 is 0 Å². The SMILES string of the molecule is CN(C)S(=O)(=O)c1cccc(S(=O)(=O)NC(C)(C)C)c1. The highest BCUT2D eigenvalue weighted by Gasteiger charge is 2.24. The molecular weight excluding hydrogens is 300 g/mol. The zero-order chi connectivity index (χ0) is 15.8. The summed E-state index contributed by atoms with van der Waals surface area (Å²) in [6.07, 6.45) is 0. The lowest BCUT2D eigenvalue weighted by Gasteiger charge is -2.20. The Morgan fingerprint density at radius 3 is 1.95 bits per heavy atom. The smallest absolute Gasteiger partial charge is 0.207 e. The average Bonchev–Trinajstić information content (AvgIpc) is 2.25. The Bertz CT molecular complexity index is 686. The van der Waals surface area contributed by atoms with Crippen LogP contribution in [0.3, 0.4) is 0 Å². The summed E-state index contributed by atoms with van der Waals surface area (Å²) in [4.78, 5) is -0.130. The van der Waals surface area contributed by atoms with Gasteiger partial charge in [0, 0.05) is 19.6 Å². The fourth-order valence-electron chi connectivity index (χ4n) is 1.47. The molecule has 0 fully saturated rings. The van der Waals surface area contributed by atoms with Crippen molar-refractivity contribution in [3.05, 3.63) is 24.3 Å². The molecular formula is C12H20N2O4S2. The second kappa shape index (κ2) is 5.44. The van der Waals surface area contributed by atoms with Crippen molar-refractivity contribution < 1.29 is 16.8 Å². The molecule has 1 aromatic carbocycles. The summed E-state index contributed by atoms with van der Waals surface area (Å²) in [5.74, 6) is 0. The Morgan fingerprint density at radius 1 is 1.00 bits per heavy atom. The number of hydrogen-bond acceptors (Lipinski definition) is 4. The van der Waals surface area contributed by atoms with E-state index >= 15 is 0 Å². The first-order chi connectivity index (χ1) is 8.86. The number of sulfonamides is 2. The van der Waals surface area contributed by atoms with Crippen molar-refractivity contribution in [2.24, 2.45) is 0 Å². The molecule has 0 aliphatic rings. The van der Waals surface area contributed by atoms with Crippen molar-refractivity contribution in [1.29, 1.82) is 0 Å². The Labute approximate surface area is 120 Å². The maximum Gasteiger partial charge on any atom is 0.242 e. The highest BCUT2D eigenvalue weighted by atomic mass is 32.2. The van der Waals surface area contributed by atoms with Gasteiger partial charge in [-0.05, 0) is 39.0 Å². The molecule has 0 aliphatic carbocycles. The zero-order valence-corrected chi connectivity index (χ0v) is 13.8. The van der Waals surface area contributed by atoms with Gasteiger partial charge in [-0.1, -0.05) is 6.07 Å². The van der Waals surface area contributed by atoms with Gasteiger partial charge in [0.1, 0.15) is 0 Å². The largest absolute Gasteiger partial charge is 0.242 e. The van der Waals surface area contributed by atoms with Crippen LogP contribution in [-0.2, 0) is 20.0 Å². The summed E-state index contributed by atoms with van der Waals surface area (Å²) in [6.45, 7) is 5.14. The Hall–Kier alpha value is -0.960. The van der Waals surface area contributed by atoms with E-state index in [1.54, 1.807) is 20.8 Å². The fourth-order valence-corrected chi connectivity index (χ4v) is 3.96. The van der Waals surface area contributed by atoms with Gasteiger partial charge in [0.2, 0.25) is 20.0 Å². The Morgan fingerprint density at radius 2 is 1.50 bits per heavy atom. The predicted octanol–water partition coefficient (Wildman–Crippen LogP) is 1.01. The van der Waals surface area contributed by atoms with Crippen LogP contribution in [0.1, 0.15) is 20.8 Å². The molecule has 0 radical (unpaired) electrons. The van der Waals surface area contributed by atoms with E-state index in [0.29, 0.717) is 0 Å². The van der Waals surface area contributed by atoms with Gasteiger partial charge in [0.25, 0.3) is 0 Å². The summed E-state index contributed by atoms with van der Waals surface area (Å²) < 4.78 is 51.9. The molecule has 0 heterocycles. The Kier molecular flexibility index (Phi) is 4.65. The van der Waals surface area contributed by atoms with Crippen molar-refractivity contribution in [3.8, 4) is 0 Å². The molecule has 1 aromatic rings. The molecule has 1 rings (SSSR count). The van der Waals surface area contributed by atoms with Crippen LogP contribution >= 0.6 is 0 Å². The fraction of sp³-hybridized carbons (Fsp3) is 0.500. The molecule has 0 bridgehead atoms. The predicted molar refractivity (Wildman–Crippen MR) is 77.4 cm³/mol. The highest BCUT2D eigenvalue weighted by Crippen LogP contribution is 2.19. The van der Waals surface area contributed by atoms with Gasteiger partial charge in [0.05, 0.1) is 9.79 Å². The van der Waals surface area contributed by atoms with Crippen LogP contribution in [0.4, 0.5) is 0 Å². The van der Waals surface area contributed by atoms with Gasteiger partial charge in [-0.15, -0.1) is 0 Å². The van der Waals surface area contributed by atoms with Gasteiger partial charge >= 0.3 is 0 Å². The highest BCUT2D eigenvalue weighted by molar-refractivity contribution is 7.90. The molecule has 6 nitrogen and oxygen atoms in total. The first kappa shape index (κ1) is 17.1. The second-order valence-electron chi connectivity index (χ2n) is 5.62. The van der Waals surface area contributed by atoms with Crippen LogP contribution in [0.15, 0.2) is 34.1 Å². The van der Waals surface area contributed by atoms with E-state index in [0.717, 1.165) is 10.4 Å². The molecule has 0 unspecified atom stereocenters. The van der Waals surface area contributed by atoms with E-state index in [-0.39, 0.29) is 9.79 Å². The first-order valence-corrected chi connectivity index (χ1v) is 8.85. The van der Waals surface area contributed by atoms with Crippen molar-refractivity contribution in [2.75, 3.05) is 14.1 Å². The number of hydrogen-bond donors (Lipinski definition) is 1. The second-order valence-corrected chi connectivity index (χ2v) is 9.45. The van der Waals surface area contributed by atoms with Crippen LogP contribution < -0.4 is 4.72 Å². The molecule has 8 heteroatoms. The molecule has 20 heavy (non-hydrogen) atoms. The molecule has 0 saturated heterocycles. The molecule has 0 saturated carbocycles. The normalized spacial score (nSPS) is 13.7. The van der Waals surface area contributed by atoms with Crippen LogP contribution in [0.25, 0.3) is 0 Å². The lowest BCUT2D eigenvalue weighted by molar-refractivity contribution is 0.491. The molecule has 0 spiro atoms. The van der Waals surface area contributed by atoms with Crippen molar-refractivity contribution >= 4 is 20.0 Å². The zero-order valence-electron chi connectivity index (χ0n) is 12.2. The molecule has 114 valence electrons. The van der Waals surface area contributed by atoms with E-state index in [1.807, 2.05) is 0 Å². The van der Waals surface area contributed by atoms with Crippen molar-refractivity contribution in [1.82, 2.24) is 9.03 Å². The summed E-state index contributed by atoms with van der Waals surface area (Å²) >= 11 is 0. The summed E-state index contributed by atoms with van der Waals surface area (Å²) in [5, 5.41) is 0. The lowest BCUT2D eigenvalue weighted by Crippen LogP contribution is -2.40. The topological polar surface area (TPSA) is 83.6 Å². The quantitative estimate of drug-likeness (QED) is 0.897. The van der Waals surface area contributed by atoms with Gasteiger partial charge in [0.15, 0.2) is 0 Å². The maximum absolute atomic E-state index is 12.2. The van der Waals surface area contributed by atoms with E-state index in [4.69, 9.17) is 0 Å². The molecule has 0 aromatic heterocycles. The monoisotopic (exact) mass is 320 g/mol. The van der Waals surface area contributed by atoms with Crippen LogP contribution in [0, 0.1) is 0 Å². The minimum atomic E-state index is -3.76.